The number of aliphatic hydroxyl groups is 2. The number of unbranched alkanes of at least 4 members (excludes halogenated alkanes) is 3. The van der Waals surface area contributed by atoms with Gasteiger partial charge in [0.15, 0.2) is 17.6 Å². The second-order valence-corrected chi connectivity index (χ2v) is 29.0. The summed E-state index contributed by atoms with van der Waals surface area (Å²) in [5.41, 5.74) is 1.33. The van der Waals surface area contributed by atoms with E-state index in [1.54, 1.807) is 59.9 Å². The van der Waals surface area contributed by atoms with Crippen LogP contribution in [0.15, 0.2) is 45.5 Å². The van der Waals surface area contributed by atoms with Crippen molar-refractivity contribution >= 4 is 85.7 Å². The number of Topliss-reactive ketones (excluding diaryl/α,β-unsaturated/α-hetero) is 2. The number of ketones is 2. The number of likely N-dealkylation sites (N-methyl/N-ethyl adjacent to an activating group) is 1. The summed E-state index contributed by atoms with van der Waals surface area (Å²) < 4.78 is 6.61. The van der Waals surface area contributed by atoms with E-state index in [1.165, 1.54) is 32.9 Å². The maximum atomic E-state index is 13.9. The molecule has 4 amide bonds. The first-order valence-electron chi connectivity index (χ1n) is 31.3. The molecule has 19 nitrogen and oxygen atoms in total. The number of carbonyl (C=O) groups is 8. The van der Waals surface area contributed by atoms with Crippen LogP contribution in [0.1, 0.15) is 176 Å². The molecule has 12 atom stereocenters. The molecule has 1 aliphatic heterocycles. The van der Waals surface area contributed by atoms with Crippen molar-refractivity contribution in [1.29, 1.82) is 0 Å². The zero-order valence-corrected chi connectivity index (χ0v) is 53.5. The topological polar surface area (TPSA) is 282 Å². The first-order chi connectivity index (χ1) is 40.6. The quantitative estimate of drug-likeness (QED) is 0.0378. The van der Waals surface area contributed by atoms with Gasteiger partial charge in [0.1, 0.15) is 21.8 Å². The summed E-state index contributed by atoms with van der Waals surface area (Å²) in [4.78, 5) is 116. The van der Waals surface area contributed by atoms with Crippen LogP contribution < -0.4 is 15.4 Å². The maximum absolute atomic E-state index is 13.9. The third-order valence-corrected chi connectivity index (χ3v) is 23.2. The van der Waals surface area contributed by atoms with Gasteiger partial charge in [-0.1, -0.05) is 41.0 Å². The molecular weight excluding hydrogens is 1140 g/mol. The Morgan fingerprint density at radius 1 is 0.826 bits per heavy atom. The van der Waals surface area contributed by atoms with Gasteiger partial charge in [0.05, 0.1) is 22.4 Å². The van der Waals surface area contributed by atoms with Crippen LogP contribution in [0.2, 0.25) is 0 Å². The van der Waals surface area contributed by atoms with E-state index in [1.807, 2.05) is 0 Å². The number of aliphatic carboxylic acids is 2. The SMILES string of the molecule is CC1=C(C)C(=O)C(C(C)(C)CC(=O)N(C)CCN(CCCCCC(=O)NCCCCC(NC(=O)CC[C@@H](C)C2CC[C@H]3[C@@H]4[C@H](O)C[C@@H]5C[C@H](O)CC[C@]5(C)[C@H]4CC[C@]23C)C(=O)O)C(=O)Oc2ccc3nc(C4=NC(C(=O)O)CS4)sc3c2)=C(C)C1=O. The zero-order chi connectivity index (χ0) is 62.6. The number of aliphatic hydroxyl groups excluding tert-OH is 2. The number of hydrogen-bond acceptors (Lipinski definition) is 15. The number of hydrogen-bond donors (Lipinski definition) is 6. The van der Waals surface area contributed by atoms with Crippen molar-refractivity contribution in [1.82, 2.24) is 25.4 Å². The second kappa shape index (κ2) is 27.9. The predicted molar refractivity (Wildman–Crippen MR) is 331 cm³/mol. The van der Waals surface area contributed by atoms with Crippen molar-refractivity contribution < 1.29 is 63.5 Å². The van der Waals surface area contributed by atoms with E-state index in [-0.39, 0.29) is 115 Å². The average Bonchev–Trinajstić information content (AvgIpc) is 1.29. The Morgan fingerprint density at radius 3 is 2.27 bits per heavy atom. The minimum Gasteiger partial charge on any atom is -0.480 e. The standard InChI is InChI=1S/C65H92N6O13S2/c1-36(43-19-20-44-54-45(24-26-65(43,44)8)64(7)25-23-41(72)31-40(64)32-49(54)73)17-22-52(75)67-47(60(79)80)15-12-13-27-66-51(74)16-11-10-14-28-71(30-29-70(9)53(76)34-63(5,6)55-39(4)56(77)37(2)38(3)57(55)78)62(83)84-42-18-21-46-50(33-42)86-59(68-46)58-69-48(35-85-58)61(81)82/h18,21,33,36,40-41,43-45,47-49,54,72-73H,10-17,19-20,22-32,34-35H2,1-9H3,(H,66,74)(H,67,75)(H,79,80)(H,81,82)/t36-,40+,41-,43?,44+,45+,47?,48?,49-,54+,64+,65-/m1/s1. The first kappa shape index (κ1) is 66.4. The molecule has 6 N–H and O–H groups in total. The maximum Gasteiger partial charge on any atom is 0.415 e. The Balaban J connectivity index is 0.768. The molecule has 472 valence electrons. The van der Waals surface area contributed by atoms with Gasteiger partial charge in [-0.25, -0.2) is 19.4 Å². The van der Waals surface area contributed by atoms with Gasteiger partial charge in [-0.15, -0.1) is 23.1 Å². The van der Waals surface area contributed by atoms with Crippen LogP contribution in [0, 0.1) is 51.8 Å². The smallest absolute Gasteiger partial charge is 0.415 e. The summed E-state index contributed by atoms with van der Waals surface area (Å²) in [6.45, 7) is 16.3. The Labute approximate surface area is 514 Å². The molecule has 5 aliphatic carbocycles. The number of carbonyl (C=O) groups excluding carboxylic acids is 6. The molecule has 2 aromatic rings. The van der Waals surface area contributed by atoms with Crippen LogP contribution in [-0.2, 0) is 33.6 Å². The summed E-state index contributed by atoms with van der Waals surface area (Å²) in [6.07, 6.45) is 10.5. The molecule has 3 unspecified atom stereocenters. The number of rotatable bonds is 26. The third-order valence-electron chi connectivity index (χ3n) is 21.0. The van der Waals surface area contributed by atoms with Gasteiger partial charge in [0, 0.05) is 92.0 Å². The number of benzene rings is 1. The normalized spacial score (nSPS) is 28.1. The number of thioether (sulfide) groups is 1. The molecule has 0 radical (unpaired) electrons. The van der Waals surface area contributed by atoms with Gasteiger partial charge >= 0.3 is 18.0 Å². The van der Waals surface area contributed by atoms with Crippen LogP contribution in [0.25, 0.3) is 10.2 Å². The fraction of sp³-hybridized carbons (Fsp3) is 0.692. The molecule has 4 saturated carbocycles. The van der Waals surface area contributed by atoms with E-state index in [9.17, 15) is 58.8 Å². The number of ether oxygens (including phenoxy) is 1. The van der Waals surface area contributed by atoms with Crippen molar-refractivity contribution in [2.24, 2.45) is 56.7 Å². The Morgan fingerprint density at radius 2 is 1.55 bits per heavy atom. The van der Waals surface area contributed by atoms with Gasteiger partial charge in [0.25, 0.3) is 0 Å². The second-order valence-electron chi connectivity index (χ2n) is 27.0. The number of carboxylic acid groups (broad SMARTS) is 2. The van der Waals surface area contributed by atoms with Crippen molar-refractivity contribution in [2.45, 2.75) is 195 Å². The Kier molecular flexibility index (Phi) is 21.6. The van der Waals surface area contributed by atoms with Gasteiger partial charge in [-0.2, -0.15) is 0 Å². The summed E-state index contributed by atoms with van der Waals surface area (Å²) in [5, 5.41) is 48.4. The lowest BCUT2D eigenvalue weighted by atomic mass is 9.43. The molecule has 0 spiro atoms. The van der Waals surface area contributed by atoms with E-state index in [4.69, 9.17) is 4.74 Å². The molecule has 0 bridgehead atoms. The number of aromatic nitrogens is 1. The fourth-order valence-corrected chi connectivity index (χ4v) is 17.9. The molecule has 0 saturated heterocycles. The molecular formula is C65H92N6O13S2. The average molecular weight is 1230 g/mol. The number of carboxylic acids is 2. The number of allylic oxidation sites excluding steroid dienone is 4. The predicted octanol–water partition coefficient (Wildman–Crippen LogP) is 9.55. The van der Waals surface area contributed by atoms with E-state index in [0.29, 0.717) is 117 Å². The van der Waals surface area contributed by atoms with Gasteiger partial charge in [-0.05, 0) is 169 Å². The monoisotopic (exact) mass is 1230 g/mol. The highest BCUT2D eigenvalue weighted by atomic mass is 32.2. The highest BCUT2D eigenvalue weighted by molar-refractivity contribution is 8.15. The molecule has 8 rings (SSSR count). The molecule has 2 heterocycles. The largest absolute Gasteiger partial charge is 0.480 e. The highest BCUT2D eigenvalue weighted by Crippen LogP contribution is 2.68. The summed E-state index contributed by atoms with van der Waals surface area (Å²) >= 11 is 2.63. The van der Waals surface area contributed by atoms with Crippen molar-refractivity contribution in [3.05, 3.63) is 45.5 Å². The van der Waals surface area contributed by atoms with E-state index < -0.39 is 35.5 Å². The first-order valence-corrected chi connectivity index (χ1v) is 33.1. The minimum absolute atomic E-state index is 0.0569. The molecule has 86 heavy (non-hydrogen) atoms. The molecule has 6 aliphatic rings. The summed E-state index contributed by atoms with van der Waals surface area (Å²) in [5.74, 6) is -0.477. The van der Waals surface area contributed by atoms with Gasteiger partial charge < -0.3 is 45.6 Å². The number of aliphatic imine (C=N–C) groups is 1. The summed E-state index contributed by atoms with van der Waals surface area (Å²) in [7, 11) is 1.62. The fourth-order valence-electron chi connectivity index (χ4n) is 15.9. The molecule has 4 fully saturated rings. The lowest BCUT2D eigenvalue weighted by Gasteiger charge is -2.62. The van der Waals surface area contributed by atoms with Crippen molar-refractivity contribution in [3.8, 4) is 5.75 Å². The number of amides is 4. The number of thiazole rings is 1. The van der Waals surface area contributed by atoms with Gasteiger partial charge in [-0.3, -0.25) is 29.0 Å². The molecule has 1 aromatic carbocycles. The third kappa shape index (κ3) is 14.8. The molecule has 21 heteroatoms. The van der Waals surface area contributed by atoms with E-state index >= 15 is 0 Å². The Bertz CT molecular complexity index is 3030. The lowest BCUT2D eigenvalue weighted by Crippen LogP contribution is -2.58. The Hall–Kier alpha value is -5.51. The van der Waals surface area contributed by atoms with Crippen LogP contribution in [0.5, 0.6) is 5.75 Å². The van der Waals surface area contributed by atoms with Crippen LogP contribution in [0.3, 0.4) is 0 Å². The van der Waals surface area contributed by atoms with Crippen molar-refractivity contribution in [3.63, 3.8) is 0 Å². The van der Waals surface area contributed by atoms with Gasteiger partial charge in [0.2, 0.25) is 17.7 Å². The minimum atomic E-state index is -1.09. The zero-order valence-electron chi connectivity index (χ0n) is 51.8. The molecule has 1 aromatic heterocycles. The number of fused-ring (bicyclic) bond motifs is 6. The van der Waals surface area contributed by atoms with E-state index in [2.05, 4.69) is 41.4 Å². The van der Waals surface area contributed by atoms with Crippen LogP contribution >= 0.6 is 23.1 Å². The number of nitrogens with zero attached hydrogens (tertiary/aromatic N) is 4. The van der Waals surface area contributed by atoms with E-state index in [0.717, 1.165) is 51.4 Å². The lowest BCUT2D eigenvalue weighted by molar-refractivity contribution is -0.174. The number of nitrogens with one attached hydrogen (secondary N) is 2. The van der Waals surface area contributed by atoms with Crippen molar-refractivity contribution in [2.75, 3.05) is 39.0 Å². The van der Waals surface area contributed by atoms with Crippen LogP contribution in [-0.4, -0.2) is 151 Å². The highest BCUT2D eigenvalue weighted by Gasteiger charge is 2.63. The summed E-state index contributed by atoms with van der Waals surface area (Å²) in [6, 6.07) is 3.14. The van der Waals surface area contributed by atoms with Crippen LogP contribution in [0.4, 0.5) is 4.79 Å².